The van der Waals surface area contributed by atoms with E-state index in [-0.39, 0.29) is 30.4 Å². The first-order chi connectivity index (χ1) is 13.4. The molecule has 1 aromatic carbocycles. The number of carbonyl (C=O) groups excluding carboxylic acids is 1. The van der Waals surface area contributed by atoms with Gasteiger partial charge < -0.3 is 5.32 Å². The largest absolute Gasteiger partial charge is 0.322 e. The molecule has 0 radical (unpaired) electrons. The number of nitrogens with zero attached hydrogens (tertiary/aromatic N) is 2. The van der Waals surface area contributed by atoms with E-state index in [0.29, 0.717) is 29.1 Å². The van der Waals surface area contributed by atoms with Gasteiger partial charge in [0.2, 0.25) is 0 Å². The number of halogens is 2. The zero-order chi connectivity index (χ0) is 20.1. The fourth-order valence-electron chi connectivity index (χ4n) is 3.32. The highest BCUT2D eigenvalue weighted by molar-refractivity contribution is 6.31. The Morgan fingerprint density at radius 2 is 2.14 bits per heavy atom. The summed E-state index contributed by atoms with van der Waals surface area (Å²) in [5.74, 6) is -0.0844. The number of benzene rings is 1. The van der Waals surface area contributed by atoms with Gasteiger partial charge in [-0.3, -0.25) is 9.78 Å². The summed E-state index contributed by atoms with van der Waals surface area (Å²) in [4.78, 5) is 16.6. The van der Waals surface area contributed by atoms with Crippen LogP contribution in [0.25, 0.3) is 0 Å². The lowest BCUT2D eigenvalue weighted by Gasteiger charge is -2.28. The number of anilines is 1. The number of aromatic nitrogens is 1. The summed E-state index contributed by atoms with van der Waals surface area (Å²) < 4.78 is 15.3. The van der Waals surface area contributed by atoms with E-state index in [4.69, 9.17) is 16.9 Å². The molecule has 0 saturated heterocycles. The number of carbonyl (C=O) groups is 1. The predicted octanol–water partition coefficient (Wildman–Crippen LogP) is 5.67. The topological polar surface area (TPSA) is 65.8 Å². The van der Waals surface area contributed by atoms with E-state index in [2.05, 4.69) is 16.4 Å². The predicted molar refractivity (Wildman–Crippen MR) is 108 cm³/mol. The average molecular weight is 398 g/mol. The molecule has 6 heteroatoms. The van der Waals surface area contributed by atoms with Gasteiger partial charge in [0.05, 0.1) is 16.8 Å². The molecule has 144 valence electrons. The van der Waals surface area contributed by atoms with Crippen molar-refractivity contribution in [1.29, 1.82) is 5.26 Å². The molecule has 2 atom stereocenters. The van der Waals surface area contributed by atoms with Crippen LogP contribution in [0, 0.1) is 11.3 Å². The Labute approximate surface area is 169 Å². The molecule has 1 N–H and O–H groups in total. The van der Waals surface area contributed by atoms with E-state index in [0.717, 1.165) is 5.56 Å². The Bertz CT molecular complexity index is 936. The van der Waals surface area contributed by atoms with E-state index >= 15 is 4.39 Å². The van der Waals surface area contributed by atoms with Crippen LogP contribution in [-0.4, -0.2) is 10.9 Å². The Morgan fingerprint density at radius 1 is 1.39 bits per heavy atom. The Morgan fingerprint density at radius 3 is 2.75 bits per heavy atom. The number of hydrogen-bond acceptors (Lipinski definition) is 3. The summed E-state index contributed by atoms with van der Waals surface area (Å²) in [6.45, 7) is 1.99. The number of hydrogen-bond donors (Lipinski definition) is 1. The lowest BCUT2D eigenvalue weighted by molar-refractivity contribution is -0.113. The van der Waals surface area contributed by atoms with Crippen LogP contribution < -0.4 is 5.32 Å². The van der Waals surface area contributed by atoms with Gasteiger partial charge in [-0.2, -0.15) is 5.26 Å². The van der Waals surface area contributed by atoms with E-state index in [1.807, 2.05) is 31.2 Å². The number of alkyl halides is 1. The maximum absolute atomic E-state index is 15.3. The number of pyridine rings is 1. The SMILES string of the molecule is CC(CC#N)c1ccc(NC(=O)C2=CCC(F)(c3ncccc3Cl)CC2)cc1. The molecule has 1 amide bonds. The third kappa shape index (κ3) is 4.40. The molecule has 28 heavy (non-hydrogen) atoms. The van der Waals surface area contributed by atoms with Crippen LogP contribution in [0.2, 0.25) is 5.02 Å². The number of nitrogens with one attached hydrogen (secondary N) is 1. The molecule has 0 fully saturated rings. The van der Waals surface area contributed by atoms with E-state index < -0.39 is 5.67 Å². The van der Waals surface area contributed by atoms with E-state index in [1.165, 1.54) is 6.20 Å². The molecule has 2 unspecified atom stereocenters. The fourth-order valence-corrected chi connectivity index (χ4v) is 3.61. The van der Waals surface area contributed by atoms with Crippen LogP contribution in [0.5, 0.6) is 0 Å². The van der Waals surface area contributed by atoms with Crippen molar-refractivity contribution >= 4 is 23.2 Å². The highest BCUT2D eigenvalue weighted by atomic mass is 35.5. The molecule has 2 aromatic rings. The van der Waals surface area contributed by atoms with Crippen molar-refractivity contribution in [1.82, 2.24) is 4.98 Å². The summed E-state index contributed by atoms with van der Waals surface area (Å²) in [5.41, 5.74) is 0.854. The molecule has 1 aliphatic rings. The average Bonchev–Trinajstić information content (AvgIpc) is 2.69. The summed E-state index contributed by atoms with van der Waals surface area (Å²) in [6.07, 6.45) is 4.14. The van der Waals surface area contributed by atoms with Gasteiger partial charge in [-0.1, -0.05) is 36.7 Å². The Kier molecular flexibility index (Phi) is 6.11. The zero-order valence-electron chi connectivity index (χ0n) is 15.6. The molecule has 4 nitrogen and oxygen atoms in total. The van der Waals surface area contributed by atoms with Crippen LogP contribution in [0.4, 0.5) is 10.1 Å². The second-order valence-electron chi connectivity index (χ2n) is 7.07. The molecule has 0 saturated carbocycles. The van der Waals surface area contributed by atoms with Crippen molar-refractivity contribution in [2.24, 2.45) is 0 Å². The molecule has 1 aromatic heterocycles. The van der Waals surface area contributed by atoms with Crippen molar-refractivity contribution in [3.05, 3.63) is 70.5 Å². The minimum atomic E-state index is -1.65. The van der Waals surface area contributed by atoms with E-state index in [9.17, 15) is 4.79 Å². The second-order valence-corrected chi connectivity index (χ2v) is 7.48. The van der Waals surface area contributed by atoms with Crippen LogP contribution in [0.1, 0.15) is 49.8 Å². The maximum atomic E-state index is 15.3. The highest BCUT2D eigenvalue weighted by Crippen LogP contribution is 2.41. The van der Waals surface area contributed by atoms with Crippen molar-refractivity contribution in [2.75, 3.05) is 5.32 Å². The van der Waals surface area contributed by atoms with Gasteiger partial charge in [-0.05, 0) is 48.6 Å². The number of amides is 1. The van der Waals surface area contributed by atoms with Crippen LogP contribution in [0.15, 0.2) is 54.2 Å². The van der Waals surface area contributed by atoms with Gasteiger partial charge in [0.15, 0.2) is 5.67 Å². The van der Waals surface area contributed by atoms with Crippen LogP contribution in [-0.2, 0) is 10.5 Å². The van der Waals surface area contributed by atoms with Crippen molar-refractivity contribution in [3.63, 3.8) is 0 Å². The Balaban J connectivity index is 1.65. The van der Waals surface area contributed by atoms with Crippen molar-refractivity contribution in [2.45, 2.75) is 44.2 Å². The lowest BCUT2D eigenvalue weighted by Crippen LogP contribution is -2.27. The molecule has 3 rings (SSSR count). The summed E-state index contributed by atoms with van der Waals surface area (Å²) >= 11 is 6.09. The maximum Gasteiger partial charge on any atom is 0.251 e. The standard InChI is InChI=1S/C22H21ClFN3O/c1-15(10-13-25)16-4-6-18(7-5-16)27-21(28)17-8-11-22(24,12-9-17)20-19(23)3-2-14-26-20/h2-8,14-15H,9-12H2,1H3,(H,27,28). The summed E-state index contributed by atoms with van der Waals surface area (Å²) in [6, 6.07) is 12.9. The van der Waals surface area contributed by atoms with Gasteiger partial charge >= 0.3 is 0 Å². The second kappa shape index (κ2) is 8.53. The minimum Gasteiger partial charge on any atom is -0.322 e. The normalized spacial score (nSPS) is 20.0. The van der Waals surface area contributed by atoms with E-state index in [1.54, 1.807) is 18.2 Å². The summed E-state index contributed by atoms with van der Waals surface area (Å²) in [7, 11) is 0. The van der Waals surface area contributed by atoms with Crippen molar-refractivity contribution in [3.8, 4) is 6.07 Å². The lowest BCUT2D eigenvalue weighted by atomic mass is 9.84. The molecular formula is C22H21ClFN3O. The highest BCUT2D eigenvalue weighted by Gasteiger charge is 2.37. The van der Waals surface area contributed by atoms with Gasteiger partial charge in [0.1, 0.15) is 0 Å². The van der Waals surface area contributed by atoms with Crippen LogP contribution in [0.3, 0.4) is 0 Å². The molecule has 0 bridgehead atoms. The van der Waals surface area contributed by atoms with Gasteiger partial charge in [0.25, 0.3) is 5.91 Å². The monoisotopic (exact) mass is 397 g/mol. The van der Waals surface area contributed by atoms with Gasteiger partial charge in [-0.15, -0.1) is 0 Å². The molecular weight excluding hydrogens is 377 g/mol. The summed E-state index contributed by atoms with van der Waals surface area (Å²) in [5, 5.41) is 11.9. The first-order valence-corrected chi connectivity index (χ1v) is 9.58. The molecule has 1 heterocycles. The zero-order valence-corrected chi connectivity index (χ0v) is 16.3. The number of rotatable bonds is 5. The molecule has 0 aliphatic heterocycles. The third-order valence-corrected chi connectivity index (χ3v) is 5.38. The van der Waals surface area contributed by atoms with Gasteiger partial charge in [-0.25, -0.2) is 4.39 Å². The Hall–Kier alpha value is -2.71. The smallest absolute Gasteiger partial charge is 0.251 e. The first-order valence-electron chi connectivity index (χ1n) is 9.20. The number of nitriles is 1. The van der Waals surface area contributed by atoms with Crippen molar-refractivity contribution < 1.29 is 9.18 Å². The third-order valence-electron chi connectivity index (χ3n) is 5.07. The quantitative estimate of drug-likeness (QED) is 0.707. The minimum absolute atomic E-state index is 0.0666. The first kappa shape index (κ1) is 20.0. The van der Waals surface area contributed by atoms with Crippen LogP contribution >= 0.6 is 11.6 Å². The molecule has 0 spiro atoms. The molecule has 1 aliphatic carbocycles. The fraction of sp³-hybridized carbons (Fsp3) is 0.318. The number of allylic oxidation sites excluding steroid dienone is 1. The van der Waals surface area contributed by atoms with Gasteiger partial charge in [0, 0.05) is 30.3 Å².